The van der Waals surface area contributed by atoms with Crippen molar-refractivity contribution in [2.75, 3.05) is 18.0 Å². The minimum atomic E-state index is 0.491. The third kappa shape index (κ3) is 3.80. The van der Waals surface area contributed by atoms with Crippen molar-refractivity contribution < 1.29 is 0 Å². The van der Waals surface area contributed by atoms with Crippen LogP contribution in [0.5, 0.6) is 0 Å². The van der Waals surface area contributed by atoms with Crippen molar-refractivity contribution in [2.24, 2.45) is 0 Å². The number of hydrogen-bond acceptors (Lipinski definition) is 5. The number of piperidine rings is 1. The van der Waals surface area contributed by atoms with E-state index in [1.54, 1.807) is 0 Å². The number of rotatable bonds is 4. The maximum absolute atomic E-state index is 4.49. The number of hydrogen-bond donors (Lipinski definition) is 1. The topological polar surface area (TPSA) is 53.9 Å². The molecule has 0 spiro atoms. The zero-order valence-electron chi connectivity index (χ0n) is 13.3. The van der Waals surface area contributed by atoms with Crippen molar-refractivity contribution in [1.82, 2.24) is 20.3 Å². The summed E-state index contributed by atoms with van der Waals surface area (Å²) in [7, 11) is 0. The largest absolute Gasteiger partial charge is 0.354 e. The van der Waals surface area contributed by atoms with Crippen molar-refractivity contribution in [1.29, 1.82) is 0 Å². The van der Waals surface area contributed by atoms with Gasteiger partial charge in [0.1, 0.15) is 5.82 Å². The van der Waals surface area contributed by atoms with Gasteiger partial charge in [0.2, 0.25) is 0 Å². The van der Waals surface area contributed by atoms with Crippen LogP contribution in [0.25, 0.3) is 0 Å². The summed E-state index contributed by atoms with van der Waals surface area (Å²) in [6.07, 6.45) is 7.99. The lowest BCUT2D eigenvalue weighted by Crippen LogP contribution is -2.45. The quantitative estimate of drug-likeness (QED) is 0.938. The molecule has 1 fully saturated rings. The Kier molecular flexibility index (Phi) is 4.63. The van der Waals surface area contributed by atoms with Gasteiger partial charge in [0, 0.05) is 37.6 Å². The maximum atomic E-state index is 4.49. The van der Waals surface area contributed by atoms with E-state index in [0.717, 1.165) is 36.8 Å². The molecule has 0 aromatic carbocycles. The van der Waals surface area contributed by atoms with E-state index in [4.69, 9.17) is 0 Å². The number of nitrogens with one attached hydrogen (secondary N) is 1. The maximum Gasteiger partial charge on any atom is 0.147 e. The molecule has 2 aromatic heterocycles. The van der Waals surface area contributed by atoms with E-state index in [-0.39, 0.29) is 0 Å². The van der Waals surface area contributed by atoms with Crippen LogP contribution in [0.4, 0.5) is 5.82 Å². The average Bonchev–Trinajstić information content (AvgIpc) is 2.54. The molecule has 3 heterocycles. The second-order valence-corrected chi connectivity index (χ2v) is 5.99. The third-order valence-corrected chi connectivity index (χ3v) is 4.07. The van der Waals surface area contributed by atoms with Gasteiger partial charge in [-0.2, -0.15) is 0 Å². The first-order chi connectivity index (χ1) is 10.7. The van der Waals surface area contributed by atoms with E-state index < -0.39 is 0 Å². The van der Waals surface area contributed by atoms with Gasteiger partial charge in [-0.05, 0) is 44.4 Å². The molecule has 0 radical (unpaired) electrons. The Morgan fingerprint density at radius 2 is 2.09 bits per heavy atom. The van der Waals surface area contributed by atoms with Crippen LogP contribution in [0.3, 0.4) is 0 Å². The van der Waals surface area contributed by atoms with Gasteiger partial charge in [-0.25, -0.2) is 4.98 Å². The zero-order valence-corrected chi connectivity index (χ0v) is 13.3. The summed E-state index contributed by atoms with van der Waals surface area (Å²) in [5, 5.41) is 3.66. The third-order valence-electron chi connectivity index (χ3n) is 4.07. The van der Waals surface area contributed by atoms with E-state index in [2.05, 4.69) is 37.3 Å². The molecule has 1 saturated heterocycles. The zero-order chi connectivity index (χ0) is 15.4. The molecule has 0 bridgehead atoms. The standard InChI is InChI=1S/C17H23N5/c1-13-8-15(5-6-18-13)10-20-16-4-3-7-22(12-16)17-11-19-14(2)9-21-17/h5-6,8-9,11,16,20H,3-4,7,10,12H2,1-2H3/t16-/m0/s1. The molecule has 3 rings (SSSR count). The molecule has 0 amide bonds. The van der Waals surface area contributed by atoms with Gasteiger partial charge < -0.3 is 10.2 Å². The Bertz CT molecular complexity index is 611. The van der Waals surface area contributed by atoms with Crippen LogP contribution >= 0.6 is 0 Å². The van der Waals surface area contributed by atoms with E-state index in [0.29, 0.717) is 6.04 Å². The van der Waals surface area contributed by atoms with E-state index in [1.165, 1.54) is 18.4 Å². The fraction of sp³-hybridized carbons (Fsp3) is 0.471. The van der Waals surface area contributed by atoms with Crippen molar-refractivity contribution >= 4 is 5.82 Å². The number of anilines is 1. The average molecular weight is 297 g/mol. The molecule has 22 heavy (non-hydrogen) atoms. The first-order valence-electron chi connectivity index (χ1n) is 7.89. The number of aromatic nitrogens is 3. The Morgan fingerprint density at radius 1 is 1.18 bits per heavy atom. The van der Waals surface area contributed by atoms with Gasteiger partial charge in [0.15, 0.2) is 0 Å². The highest BCUT2D eigenvalue weighted by molar-refractivity contribution is 5.36. The van der Waals surface area contributed by atoms with E-state index >= 15 is 0 Å². The van der Waals surface area contributed by atoms with Gasteiger partial charge in [-0.3, -0.25) is 9.97 Å². The molecule has 1 aliphatic heterocycles. The van der Waals surface area contributed by atoms with Gasteiger partial charge in [-0.1, -0.05) is 0 Å². The molecule has 116 valence electrons. The van der Waals surface area contributed by atoms with Crippen molar-refractivity contribution in [3.63, 3.8) is 0 Å². The Hall–Kier alpha value is -2.01. The predicted octanol–water partition coefficient (Wildman–Crippen LogP) is 2.25. The highest BCUT2D eigenvalue weighted by atomic mass is 15.2. The van der Waals surface area contributed by atoms with Crippen LogP contribution < -0.4 is 10.2 Å². The second kappa shape index (κ2) is 6.83. The number of nitrogens with zero attached hydrogens (tertiary/aromatic N) is 4. The lowest BCUT2D eigenvalue weighted by Gasteiger charge is -2.34. The number of aryl methyl sites for hydroxylation is 2. The molecular weight excluding hydrogens is 274 g/mol. The lowest BCUT2D eigenvalue weighted by molar-refractivity contribution is 0.419. The normalized spacial score (nSPS) is 18.5. The summed E-state index contributed by atoms with van der Waals surface area (Å²) < 4.78 is 0. The Morgan fingerprint density at radius 3 is 2.86 bits per heavy atom. The van der Waals surface area contributed by atoms with Crippen molar-refractivity contribution in [3.05, 3.63) is 47.7 Å². The summed E-state index contributed by atoms with van der Waals surface area (Å²) in [6, 6.07) is 4.70. The van der Waals surface area contributed by atoms with Crippen LogP contribution in [0.2, 0.25) is 0 Å². The summed E-state index contributed by atoms with van der Waals surface area (Å²) in [5.74, 6) is 0.983. The molecule has 0 aliphatic carbocycles. The number of pyridine rings is 1. The predicted molar refractivity (Wildman–Crippen MR) is 87.8 cm³/mol. The first kappa shape index (κ1) is 14.9. The molecular formula is C17H23N5. The van der Waals surface area contributed by atoms with Gasteiger partial charge >= 0.3 is 0 Å². The molecule has 0 unspecified atom stereocenters. The van der Waals surface area contributed by atoms with Crippen LogP contribution in [-0.4, -0.2) is 34.1 Å². The summed E-state index contributed by atoms with van der Waals surface area (Å²) in [6.45, 7) is 6.93. The molecule has 0 saturated carbocycles. The van der Waals surface area contributed by atoms with Gasteiger partial charge in [0.05, 0.1) is 18.1 Å². The monoisotopic (exact) mass is 297 g/mol. The summed E-state index contributed by atoms with van der Waals surface area (Å²) in [5.41, 5.74) is 3.32. The Labute approximate surface area is 131 Å². The second-order valence-electron chi connectivity index (χ2n) is 5.99. The molecule has 1 N–H and O–H groups in total. The highest BCUT2D eigenvalue weighted by Crippen LogP contribution is 2.17. The summed E-state index contributed by atoms with van der Waals surface area (Å²) >= 11 is 0. The highest BCUT2D eigenvalue weighted by Gasteiger charge is 2.20. The molecule has 5 heteroatoms. The van der Waals surface area contributed by atoms with Crippen molar-refractivity contribution in [3.8, 4) is 0 Å². The Balaban J connectivity index is 1.57. The SMILES string of the molecule is Cc1cnc(N2CCC[C@H](NCc3ccnc(C)c3)C2)cn1. The molecule has 1 aliphatic rings. The van der Waals surface area contributed by atoms with Gasteiger partial charge in [-0.15, -0.1) is 0 Å². The van der Waals surface area contributed by atoms with E-state index in [9.17, 15) is 0 Å². The molecule has 2 aromatic rings. The minimum Gasteiger partial charge on any atom is -0.354 e. The van der Waals surface area contributed by atoms with Crippen molar-refractivity contribution in [2.45, 2.75) is 39.3 Å². The van der Waals surface area contributed by atoms with Crippen LogP contribution in [0, 0.1) is 13.8 Å². The molecule has 5 nitrogen and oxygen atoms in total. The van der Waals surface area contributed by atoms with E-state index in [1.807, 2.05) is 32.4 Å². The smallest absolute Gasteiger partial charge is 0.147 e. The van der Waals surface area contributed by atoms with Crippen LogP contribution in [0.1, 0.15) is 29.8 Å². The fourth-order valence-corrected chi connectivity index (χ4v) is 2.88. The van der Waals surface area contributed by atoms with Crippen LogP contribution in [-0.2, 0) is 6.54 Å². The summed E-state index contributed by atoms with van der Waals surface area (Å²) in [4.78, 5) is 15.4. The first-order valence-corrected chi connectivity index (χ1v) is 7.89. The fourth-order valence-electron chi connectivity index (χ4n) is 2.88. The lowest BCUT2D eigenvalue weighted by atomic mass is 10.1. The molecule has 1 atom stereocenters. The van der Waals surface area contributed by atoms with Gasteiger partial charge in [0.25, 0.3) is 0 Å². The minimum absolute atomic E-state index is 0.491. The van der Waals surface area contributed by atoms with Crippen LogP contribution in [0.15, 0.2) is 30.7 Å².